The standard InChI is InChI=1S/C26H18ClF3N2O6.Na/c1-13-23(36-17-5-3-4-16(11-17)35-14(2)25(33)34)20-12-18(37-26(28,29)30)7-9-21(20)32(13)24-19-8-6-15(27)10-22(19)38-31-24;/h3-12,14H,1-2H3,(H,33,34);/q;+1/p-1. The number of carboxylic acid groups (broad SMARTS) is 1. The number of hydrogen-bond acceptors (Lipinski definition) is 7. The van der Waals surface area contributed by atoms with Gasteiger partial charge in [-0.2, -0.15) is 0 Å². The van der Waals surface area contributed by atoms with Gasteiger partial charge in [0.25, 0.3) is 0 Å². The zero-order valence-corrected chi connectivity index (χ0v) is 23.5. The number of carbonyl (C=O) groups is 1. The van der Waals surface area contributed by atoms with Crippen molar-refractivity contribution in [3.8, 4) is 28.8 Å². The monoisotopic (exact) mass is 568 g/mol. The Bertz CT molecular complexity index is 1680. The van der Waals surface area contributed by atoms with Gasteiger partial charge in [0, 0.05) is 22.5 Å². The molecule has 2 heterocycles. The topological polar surface area (TPSA) is 98.8 Å². The van der Waals surface area contributed by atoms with E-state index < -0.39 is 24.2 Å². The van der Waals surface area contributed by atoms with Crippen LogP contribution in [0.3, 0.4) is 0 Å². The fourth-order valence-electron chi connectivity index (χ4n) is 4.01. The van der Waals surface area contributed by atoms with Crippen LogP contribution in [0.4, 0.5) is 13.2 Å². The molecule has 5 aromatic rings. The maximum absolute atomic E-state index is 13.0. The van der Waals surface area contributed by atoms with Crippen LogP contribution in [0, 0.1) is 6.92 Å². The molecular weight excluding hydrogens is 552 g/mol. The van der Waals surface area contributed by atoms with Gasteiger partial charge in [0.1, 0.15) is 23.4 Å². The number of fused-ring (bicyclic) bond motifs is 2. The summed E-state index contributed by atoms with van der Waals surface area (Å²) in [6, 6.07) is 15.0. The van der Waals surface area contributed by atoms with Gasteiger partial charge in [-0.05, 0) is 56.3 Å². The molecule has 3 aromatic carbocycles. The Balaban J connectivity index is 0.00000353. The molecule has 196 valence electrons. The number of ether oxygens (including phenoxy) is 3. The molecule has 1 atom stereocenters. The third-order valence-corrected chi connectivity index (χ3v) is 5.88. The number of aromatic nitrogens is 2. The summed E-state index contributed by atoms with van der Waals surface area (Å²) in [6.07, 6.45) is -6.11. The summed E-state index contributed by atoms with van der Waals surface area (Å²) < 4.78 is 61.6. The van der Waals surface area contributed by atoms with Gasteiger partial charge in [0.05, 0.1) is 22.6 Å². The molecular formula is C26H17ClF3N2NaO6. The van der Waals surface area contributed by atoms with Gasteiger partial charge in [-0.3, -0.25) is 4.57 Å². The number of carbonyl (C=O) groups excluding carboxylic acids is 1. The predicted molar refractivity (Wildman–Crippen MR) is 129 cm³/mol. The number of carboxylic acids is 1. The maximum Gasteiger partial charge on any atom is 1.00 e. The summed E-state index contributed by atoms with van der Waals surface area (Å²) in [7, 11) is 0. The number of rotatable bonds is 7. The Hall–Kier alpha value is -3.38. The Morgan fingerprint density at radius 3 is 2.51 bits per heavy atom. The predicted octanol–water partition coefficient (Wildman–Crippen LogP) is 2.95. The van der Waals surface area contributed by atoms with Crippen LogP contribution in [0.5, 0.6) is 23.0 Å². The van der Waals surface area contributed by atoms with E-state index in [0.717, 1.165) is 0 Å². The summed E-state index contributed by atoms with van der Waals surface area (Å²) in [5.74, 6) is -0.811. The van der Waals surface area contributed by atoms with E-state index in [4.69, 9.17) is 25.6 Å². The van der Waals surface area contributed by atoms with E-state index in [1.165, 1.54) is 37.3 Å². The van der Waals surface area contributed by atoms with Crippen LogP contribution in [0.25, 0.3) is 27.7 Å². The van der Waals surface area contributed by atoms with Gasteiger partial charge in [0.2, 0.25) is 0 Å². The molecule has 0 saturated heterocycles. The van der Waals surface area contributed by atoms with Crippen molar-refractivity contribution in [3.63, 3.8) is 0 Å². The quantitative estimate of drug-likeness (QED) is 0.278. The first kappa shape index (κ1) is 28.6. The van der Waals surface area contributed by atoms with Crippen LogP contribution >= 0.6 is 11.6 Å². The molecule has 0 spiro atoms. The van der Waals surface area contributed by atoms with Crippen LogP contribution in [-0.2, 0) is 4.79 Å². The Morgan fingerprint density at radius 1 is 1.05 bits per heavy atom. The molecule has 0 bridgehead atoms. The first-order chi connectivity index (χ1) is 18.0. The minimum Gasteiger partial charge on any atom is -0.546 e. The maximum atomic E-state index is 13.0. The smallest absolute Gasteiger partial charge is 0.546 e. The zero-order chi connectivity index (χ0) is 27.2. The van der Waals surface area contributed by atoms with E-state index in [1.54, 1.807) is 41.8 Å². The van der Waals surface area contributed by atoms with Crippen molar-refractivity contribution in [3.05, 3.63) is 71.4 Å². The first-order valence-corrected chi connectivity index (χ1v) is 11.5. The number of aliphatic carboxylic acids is 1. The summed E-state index contributed by atoms with van der Waals surface area (Å²) in [5, 5.41) is 16.6. The number of benzene rings is 3. The van der Waals surface area contributed by atoms with Gasteiger partial charge in [-0.25, -0.2) is 0 Å². The number of hydrogen-bond donors (Lipinski definition) is 0. The van der Waals surface area contributed by atoms with Crippen molar-refractivity contribution < 1.29 is 71.4 Å². The molecule has 0 amide bonds. The molecule has 0 aliphatic carbocycles. The van der Waals surface area contributed by atoms with Crippen molar-refractivity contribution in [2.45, 2.75) is 26.3 Å². The Kier molecular flexibility index (Phi) is 8.08. The van der Waals surface area contributed by atoms with Crippen LogP contribution in [0.1, 0.15) is 12.6 Å². The van der Waals surface area contributed by atoms with E-state index in [1.807, 2.05) is 0 Å². The largest absolute Gasteiger partial charge is 1.00 e. The molecule has 5 rings (SSSR count). The van der Waals surface area contributed by atoms with Gasteiger partial charge in [-0.15, -0.1) is 13.2 Å². The van der Waals surface area contributed by atoms with Gasteiger partial charge in [-0.1, -0.05) is 22.8 Å². The van der Waals surface area contributed by atoms with Gasteiger partial charge < -0.3 is 28.6 Å². The average Bonchev–Trinajstić information content (AvgIpc) is 3.36. The SMILES string of the molecule is Cc1c(Oc2cccc(OC(C)C(=O)[O-])c2)c2cc(OC(F)(F)F)ccc2n1-c1noc2cc(Cl)ccc12.[Na+]. The molecule has 0 aliphatic heterocycles. The van der Waals surface area contributed by atoms with Crippen LogP contribution in [0.2, 0.25) is 5.02 Å². The Labute approximate surface area is 246 Å². The summed E-state index contributed by atoms with van der Waals surface area (Å²) >= 11 is 6.06. The summed E-state index contributed by atoms with van der Waals surface area (Å²) in [6.45, 7) is 3.02. The van der Waals surface area contributed by atoms with Gasteiger partial charge in [0.15, 0.2) is 17.2 Å². The average molecular weight is 569 g/mol. The Morgan fingerprint density at radius 2 is 1.79 bits per heavy atom. The summed E-state index contributed by atoms with van der Waals surface area (Å²) in [4.78, 5) is 11.0. The van der Waals surface area contributed by atoms with Crippen molar-refractivity contribution in [2.24, 2.45) is 0 Å². The number of nitrogens with zero attached hydrogens (tertiary/aromatic N) is 2. The van der Waals surface area contributed by atoms with Crippen molar-refractivity contribution in [1.29, 1.82) is 0 Å². The van der Waals surface area contributed by atoms with Crippen LogP contribution < -0.4 is 48.9 Å². The van der Waals surface area contributed by atoms with Crippen molar-refractivity contribution in [2.75, 3.05) is 0 Å². The fourth-order valence-corrected chi connectivity index (χ4v) is 4.17. The molecule has 2 aromatic heterocycles. The first-order valence-electron chi connectivity index (χ1n) is 11.1. The fraction of sp³-hybridized carbons (Fsp3) is 0.154. The number of halogens is 4. The second-order valence-electron chi connectivity index (χ2n) is 8.28. The second-order valence-corrected chi connectivity index (χ2v) is 8.72. The van der Waals surface area contributed by atoms with E-state index >= 15 is 0 Å². The van der Waals surface area contributed by atoms with E-state index in [9.17, 15) is 23.1 Å². The van der Waals surface area contributed by atoms with Gasteiger partial charge >= 0.3 is 35.9 Å². The van der Waals surface area contributed by atoms with E-state index in [-0.39, 0.29) is 46.8 Å². The molecule has 0 saturated carbocycles. The third-order valence-electron chi connectivity index (χ3n) is 5.65. The minimum absolute atomic E-state index is 0. The van der Waals surface area contributed by atoms with Crippen molar-refractivity contribution >= 4 is 39.4 Å². The zero-order valence-electron chi connectivity index (χ0n) is 20.7. The molecule has 0 radical (unpaired) electrons. The van der Waals surface area contributed by atoms with E-state index in [0.29, 0.717) is 38.4 Å². The molecule has 39 heavy (non-hydrogen) atoms. The number of alkyl halides is 3. The molecule has 0 aliphatic rings. The minimum atomic E-state index is -4.89. The molecule has 0 fully saturated rings. The second kappa shape index (κ2) is 11.0. The van der Waals surface area contributed by atoms with Crippen LogP contribution in [-0.4, -0.2) is 28.2 Å². The van der Waals surface area contributed by atoms with E-state index in [2.05, 4.69) is 9.89 Å². The van der Waals surface area contributed by atoms with Crippen LogP contribution in [0.15, 0.2) is 65.2 Å². The molecule has 13 heteroatoms. The molecule has 0 N–H and O–H groups in total. The third kappa shape index (κ3) is 5.96. The molecule has 1 unspecified atom stereocenters. The molecule has 8 nitrogen and oxygen atoms in total. The normalized spacial score (nSPS) is 12.3. The van der Waals surface area contributed by atoms with Crippen molar-refractivity contribution in [1.82, 2.24) is 9.72 Å². The summed E-state index contributed by atoms with van der Waals surface area (Å²) in [5.41, 5.74) is 1.37.